The van der Waals surface area contributed by atoms with Gasteiger partial charge < -0.3 is 14.8 Å². The molecule has 0 saturated carbocycles. The van der Waals surface area contributed by atoms with Gasteiger partial charge in [-0.25, -0.2) is 0 Å². The van der Waals surface area contributed by atoms with Crippen molar-refractivity contribution < 1.29 is 14.3 Å². The fourth-order valence-corrected chi connectivity index (χ4v) is 1.75. The first kappa shape index (κ1) is 13.9. The highest BCUT2D eigenvalue weighted by Crippen LogP contribution is 2.27. The van der Waals surface area contributed by atoms with E-state index >= 15 is 0 Å². The molecule has 1 N–H and O–H groups in total. The summed E-state index contributed by atoms with van der Waals surface area (Å²) in [4.78, 5) is 16.2. The molecule has 0 fully saturated rings. The average molecular weight is 272 g/mol. The summed E-state index contributed by atoms with van der Waals surface area (Å²) in [6.45, 7) is 0.383. The van der Waals surface area contributed by atoms with Crippen molar-refractivity contribution in [3.63, 3.8) is 0 Å². The highest BCUT2D eigenvalue weighted by molar-refractivity contribution is 5.94. The molecule has 5 heteroatoms. The third-order valence-electron chi connectivity index (χ3n) is 2.80. The van der Waals surface area contributed by atoms with Gasteiger partial charge in [-0.05, 0) is 30.3 Å². The predicted molar refractivity (Wildman–Crippen MR) is 75.0 cm³/mol. The molecule has 0 unspecified atom stereocenters. The topological polar surface area (TPSA) is 60.5 Å². The van der Waals surface area contributed by atoms with E-state index in [1.54, 1.807) is 31.5 Å². The first-order valence-corrected chi connectivity index (χ1v) is 6.14. The van der Waals surface area contributed by atoms with Crippen molar-refractivity contribution in [3.05, 3.63) is 53.9 Å². The largest absolute Gasteiger partial charge is 0.493 e. The minimum Gasteiger partial charge on any atom is -0.493 e. The molecular weight excluding hydrogens is 256 g/mol. The van der Waals surface area contributed by atoms with Gasteiger partial charge in [-0.3, -0.25) is 9.78 Å². The number of pyridine rings is 1. The zero-order valence-corrected chi connectivity index (χ0v) is 11.4. The van der Waals surface area contributed by atoms with Crippen LogP contribution in [0.5, 0.6) is 11.5 Å². The molecule has 0 saturated heterocycles. The lowest BCUT2D eigenvalue weighted by Crippen LogP contribution is -2.23. The Bertz CT molecular complexity index is 585. The van der Waals surface area contributed by atoms with Crippen LogP contribution in [0.1, 0.15) is 16.1 Å². The normalized spacial score (nSPS) is 9.90. The van der Waals surface area contributed by atoms with Gasteiger partial charge in [0.2, 0.25) is 0 Å². The van der Waals surface area contributed by atoms with Crippen molar-refractivity contribution in [2.24, 2.45) is 0 Å². The number of aromatic nitrogens is 1. The Morgan fingerprint density at radius 2 is 1.95 bits per heavy atom. The Kier molecular flexibility index (Phi) is 4.55. The van der Waals surface area contributed by atoms with E-state index in [0.29, 0.717) is 23.6 Å². The minimum absolute atomic E-state index is 0.184. The van der Waals surface area contributed by atoms with E-state index in [4.69, 9.17) is 9.47 Å². The number of nitrogens with zero attached hydrogens (tertiary/aromatic N) is 1. The molecule has 5 nitrogen and oxygen atoms in total. The van der Waals surface area contributed by atoms with Gasteiger partial charge in [0.05, 0.1) is 26.5 Å². The third-order valence-corrected chi connectivity index (χ3v) is 2.80. The zero-order valence-electron chi connectivity index (χ0n) is 11.4. The van der Waals surface area contributed by atoms with Gasteiger partial charge in [-0.2, -0.15) is 0 Å². The van der Waals surface area contributed by atoms with Gasteiger partial charge in [0.15, 0.2) is 11.5 Å². The van der Waals surface area contributed by atoms with E-state index in [1.165, 1.54) is 7.11 Å². The van der Waals surface area contributed by atoms with Crippen LogP contribution < -0.4 is 14.8 Å². The van der Waals surface area contributed by atoms with Gasteiger partial charge in [0.1, 0.15) is 0 Å². The Hall–Kier alpha value is -2.56. The summed E-state index contributed by atoms with van der Waals surface area (Å²) in [5.74, 6) is 0.934. The SMILES string of the molecule is COc1ccc(C(=O)NCc2ccccn2)cc1OC. The molecule has 0 atom stereocenters. The van der Waals surface area contributed by atoms with Crippen LogP contribution in [-0.4, -0.2) is 25.1 Å². The number of amides is 1. The molecule has 104 valence electrons. The second-order valence-corrected chi connectivity index (χ2v) is 4.07. The first-order valence-electron chi connectivity index (χ1n) is 6.14. The molecule has 0 aliphatic carbocycles. The molecule has 0 spiro atoms. The van der Waals surface area contributed by atoms with Crippen molar-refractivity contribution in [2.45, 2.75) is 6.54 Å². The second-order valence-electron chi connectivity index (χ2n) is 4.07. The summed E-state index contributed by atoms with van der Waals surface area (Å²) in [6, 6.07) is 10.6. The van der Waals surface area contributed by atoms with Crippen LogP contribution in [0.3, 0.4) is 0 Å². The number of ether oxygens (including phenoxy) is 2. The number of rotatable bonds is 5. The van der Waals surface area contributed by atoms with Gasteiger partial charge >= 0.3 is 0 Å². The van der Waals surface area contributed by atoms with Crippen LogP contribution >= 0.6 is 0 Å². The van der Waals surface area contributed by atoms with Gasteiger partial charge in [0.25, 0.3) is 5.91 Å². The van der Waals surface area contributed by atoms with Crippen molar-refractivity contribution in [2.75, 3.05) is 14.2 Å². The Labute approximate surface area is 117 Å². The maximum Gasteiger partial charge on any atom is 0.251 e. The number of hydrogen-bond donors (Lipinski definition) is 1. The van der Waals surface area contributed by atoms with Crippen molar-refractivity contribution in [1.29, 1.82) is 0 Å². The number of hydrogen-bond acceptors (Lipinski definition) is 4. The average Bonchev–Trinajstić information content (AvgIpc) is 2.52. The molecule has 2 aromatic rings. The fraction of sp³-hybridized carbons (Fsp3) is 0.200. The van der Waals surface area contributed by atoms with E-state index in [1.807, 2.05) is 18.2 Å². The number of carbonyl (C=O) groups excluding carboxylic acids is 1. The summed E-state index contributed by atoms with van der Waals surface area (Å²) in [5, 5.41) is 2.81. The third kappa shape index (κ3) is 3.26. The van der Waals surface area contributed by atoms with Gasteiger partial charge in [0, 0.05) is 11.8 Å². The molecule has 1 aromatic heterocycles. The lowest BCUT2D eigenvalue weighted by molar-refractivity contribution is 0.0950. The monoisotopic (exact) mass is 272 g/mol. The summed E-state index contributed by atoms with van der Waals surface area (Å²) >= 11 is 0. The highest BCUT2D eigenvalue weighted by atomic mass is 16.5. The van der Waals surface area contributed by atoms with E-state index < -0.39 is 0 Å². The van der Waals surface area contributed by atoms with Crippen molar-refractivity contribution in [3.8, 4) is 11.5 Å². The van der Waals surface area contributed by atoms with Crippen LogP contribution in [0.25, 0.3) is 0 Å². The smallest absolute Gasteiger partial charge is 0.251 e. The summed E-state index contributed by atoms with van der Waals surface area (Å²) in [7, 11) is 3.09. The van der Waals surface area contributed by atoms with E-state index in [-0.39, 0.29) is 5.91 Å². The van der Waals surface area contributed by atoms with E-state index in [0.717, 1.165) is 5.69 Å². The van der Waals surface area contributed by atoms with Crippen molar-refractivity contribution in [1.82, 2.24) is 10.3 Å². The maximum atomic E-state index is 12.1. The molecule has 20 heavy (non-hydrogen) atoms. The molecule has 2 rings (SSSR count). The quantitative estimate of drug-likeness (QED) is 0.904. The fourth-order valence-electron chi connectivity index (χ4n) is 1.75. The lowest BCUT2D eigenvalue weighted by Gasteiger charge is -2.09. The lowest BCUT2D eigenvalue weighted by atomic mass is 10.2. The minimum atomic E-state index is -0.184. The van der Waals surface area contributed by atoms with Gasteiger partial charge in [-0.15, -0.1) is 0 Å². The molecule has 0 radical (unpaired) electrons. The Morgan fingerprint density at radius 1 is 1.15 bits per heavy atom. The van der Waals surface area contributed by atoms with Crippen LogP contribution in [-0.2, 0) is 6.54 Å². The number of carbonyl (C=O) groups is 1. The Balaban J connectivity index is 2.06. The summed E-state index contributed by atoms with van der Waals surface area (Å²) in [5.41, 5.74) is 1.32. The highest BCUT2D eigenvalue weighted by Gasteiger charge is 2.10. The van der Waals surface area contributed by atoms with Crippen LogP contribution in [0, 0.1) is 0 Å². The number of nitrogens with one attached hydrogen (secondary N) is 1. The van der Waals surface area contributed by atoms with Crippen molar-refractivity contribution >= 4 is 5.91 Å². The number of methoxy groups -OCH3 is 2. The van der Waals surface area contributed by atoms with Crippen LogP contribution in [0.2, 0.25) is 0 Å². The molecule has 0 aliphatic rings. The molecule has 1 heterocycles. The standard InChI is InChI=1S/C15H16N2O3/c1-19-13-7-6-11(9-14(13)20-2)15(18)17-10-12-5-3-4-8-16-12/h3-9H,10H2,1-2H3,(H,17,18). The van der Waals surface area contributed by atoms with Crippen LogP contribution in [0.15, 0.2) is 42.6 Å². The molecule has 1 amide bonds. The number of benzene rings is 1. The molecule has 0 aliphatic heterocycles. The molecule has 1 aromatic carbocycles. The maximum absolute atomic E-state index is 12.1. The second kappa shape index (κ2) is 6.56. The van der Waals surface area contributed by atoms with E-state index in [2.05, 4.69) is 10.3 Å². The molecular formula is C15H16N2O3. The molecule has 0 bridgehead atoms. The Morgan fingerprint density at radius 3 is 2.60 bits per heavy atom. The summed E-state index contributed by atoms with van der Waals surface area (Å²) < 4.78 is 10.3. The first-order chi connectivity index (χ1) is 9.74. The summed E-state index contributed by atoms with van der Waals surface area (Å²) in [6.07, 6.45) is 1.69. The van der Waals surface area contributed by atoms with E-state index in [9.17, 15) is 4.79 Å². The predicted octanol–water partition coefficient (Wildman–Crippen LogP) is 2.03. The van der Waals surface area contributed by atoms with Crippen LogP contribution in [0.4, 0.5) is 0 Å². The zero-order chi connectivity index (χ0) is 14.4. The van der Waals surface area contributed by atoms with Gasteiger partial charge in [-0.1, -0.05) is 6.07 Å².